The Morgan fingerprint density at radius 1 is 1.25 bits per heavy atom. The molecule has 0 aliphatic rings. The number of halogens is 1. The molecule has 0 bridgehead atoms. The highest BCUT2D eigenvalue weighted by molar-refractivity contribution is 7.80. The lowest BCUT2D eigenvalue weighted by atomic mass is 10.0. The van der Waals surface area contributed by atoms with Gasteiger partial charge in [-0.1, -0.05) is 48.9 Å². The Hall–Kier alpha value is -1.45. The predicted molar refractivity (Wildman–Crippen MR) is 85.9 cm³/mol. The van der Waals surface area contributed by atoms with Gasteiger partial charge in [-0.2, -0.15) is 0 Å². The number of carbonyl (C=O) groups excluding carboxylic acids is 1. The minimum Gasteiger partial charge on any atom is -0.351 e. The van der Waals surface area contributed by atoms with E-state index in [-0.39, 0.29) is 11.8 Å². The molecular formula is C16H16ClNOS. The number of carbonyl (C=O) groups is 1. The Kier molecular flexibility index (Phi) is 5.10. The lowest BCUT2D eigenvalue weighted by Gasteiger charge is -2.13. The second kappa shape index (κ2) is 6.82. The number of hydrogen-bond acceptors (Lipinski definition) is 2. The van der Waals surface area contributed by atoms with E-state index in [1.165, 1.54) is 5.56 Å². The molecule has 2 aromatic rings. The minimum atomic E-state index is -0.173. The number of benzene rings is 2. The van der Waals surface area contributed by atoms with Gasteiger partial charge in [0, 0.05) is 11.4 Å². The van der Waals surface area contributed by atoms with Crippen LogP contribution in [0.15, 0.2) is 53.4 Å². The van der Waals surface area contributed by atoms with E-state index in [9.17, 15) is 4.79 Å². The van der Waals surface area contributed by atoms with E-state index in [1.807, 2.05) is 18.2 Å². The smallest absolute Gasteiger partial charge is 0.252 e. The van der Waals surface area contributed by atoms with Gasteiger partial charge in [0.25, 0.3) is 5.91 Å². The third-order valence-electron chi connectivity index (χ3n) is 3.13. The van der Waals surface area contributed by atoms with Gasteiger partial charge in [0.05, 0.1) is 10.6 Å². The highest BCUT2D eigenvalue weighted by Gasteiger charge is 2.12. The molecule has 0 heterocycles. The fourth-order valence-electron chi connectivity index (χ4n) is 1.93. The summed E-state index contributed by atoms with van der Waals surface area (Å²) in [4.78, 5) is 12.8. The Labute approximate surface area is 129 Å². The molecule has 1 amide bonds. The zero-order valence-corrected chi connectivity index (χ0v) is 12.8. The quantitative estimate of drug-likeness (QED) is 0.816. The molecule has 2 rings (SSSR count). The first-order chi connectivity index (χ1) is 9.58. The topological polar surface area (TPSA) is 29.1 Å². The summed E-state index contributed by atoms with van der Waals surface area (Å²) < 4.78 is 0. The van der Waals surface area contributed by atoms with Crippen LogP contribution in [-0.4, -0.2) is 12.5 Å². The Morgan fingerprint density at radius 3 is 2.65 bits per heavy atom. The first kappa shape index (κ1) is 14.9. The maximum Gasteiger partial charge on any atom is 0.252 e. The summed E-state index contributed by atoms with van der Waals surface area (Å²) in [5.74, 6) is 0.0757. The standard InChI is InChI=1S/C16H16ClNOS/c1-11(12-5-3-2-4-6-12)10-18-16(19)14-9-13(20)7-8-15(14)17/h2-9,11,20H,10H2,1H3,(H,18,19). The van der Waals surface area contributed by atoms with Crippen molar-refractivity contribution >= 4 is 30.1 Å². The van der Waals surface area contributed by atoms with Gasteiger partial charge >= 0.3 is 0 Å². The number of rotatable bonds is 4. The fraction of sp³-hybridized carbons (Fsp3) is 0.188. The van der Waals surface area contributed by atoms with E-state index in [0.717, 1.165) is 4.90 Å². The first-order valence-corrected chi connectivity index (χ1v) is 7.22. The molecule has 1 atom stereocenters. The molecule has 0 aromatic heterocycles. The zero-order chi connectivity index (χ0) is 14.5. The molecule has 0 spiro atoms. The van der Waals surface area contributed by atoms with Crippen LogP contribution in [0, 0.1) is 0 Å². The van der Waals surface area contributed by atoms with Crippen LogP contribution < -0.4 is 5.32 Å². The molecule has 4 heteroatoms. The minimum absolute atomic E-state index is 0.173. The van der Waals surface area contributed by atoms with Crippen molar-refractivity contribution in [2.45, 2.75) is 17.7 Å². The van der Waals surface area contributed by atoms with Gasteiger partial charge in [-0.15, -0.1) is 12.6 Å². The van der Waals surface area contributed by atoms with Crippen molar-refractivity contribution in [1.82, 2.24) is 5.32 Å². The summed E-state index contributed by atoms with van der Waals surface area (Å²) in [5, 5.41) is 3.35. The predicted octanol–water partition coefficient (Wildman–Crippen LogP) is 4.16. The molecule has 0 radical (unpaired) electrons. The second-order valence-electron chi connectivity index (χ2n) is 4.69. The van der Waals surface area contributed by atoms with Crippen LogP contribution in [0.2, 0.25) is 5.02 Å². The van der Waals surface area contributed by atoms with Gasteiger partial charge in [0.1, 0.15) is 0 Å². The van der Waals surface area contributed by atoms with Crippen molar-refractivity contribution in [3.05, 3.63) is 64.7 Å². The van der Waals surface area contributed by atoms with Crippen LogP contribution in [0.5, 0.6) is 0 Å². The largest absolute Gasteiger partial charge is 0.351 e. The summed E-state index contributed by atoms with van der Waals surface area (Å²) in [5.41, 5.74) is 1.65. The van der Waals surface area contributed by atoms with Crippen LogP contribution in [0.3, 0.4) is 0 Å². The van der Waals surface area contributed by atoms with E-state index < -0.39 is 0 Å². The maximum atomic E-state index is 12.1. The molecular weight excluding hydrogens is 290 g/mol. The summed E-state index contributed by atoms with van der Waals surface area (Å²) >= 11 is 10.3. The molecule has 0 saturated heterocycles. The Balaban J connectivity index is 2.00. The van der Waals surface area contributed by atoms with E-state index >= 15 is 0 Å². The SMILES string of the molecule is CC(CNC(=O)c1cc(S)ccc1Cl)c1ccccc1. The number of thiol groups is 1. The number of hydrogen-bond donors (Lipinski definition) is 2. The molecule has 104 valence electrons. The van der Waals surface area contributed by atoms with Crippen molar-refractivity contribution in [2.75, 3.05) is 6.54 Å². The summed E-state index contributed by atoms with van der Waals surface area (Å²) in [7, 11) is 0. The molecule has 2 aromatic carbocycles. The van der Waals surface area contributed by atoms with Crippen LogP contribution in [0.4, 0.5) is 0 Å². The molecule has 1 unspecified atom stereocenters. The van der Waals surface area contributed by atoms with Crippen LogP contribution in [0.1, 0.15) is 28.8 Å². The van der Waals surface area contributed by atoms with Gasteiger partial charge in [-0.25, -0.2) is 0 Å². The molecule has 0 saturated carbocycles. The fourth-order valence-corrected chi connectivity index (χ4v) is 2.33. The van der Waals surface area contributed by atoms with Gasteiger partial charge in [0.15, 0.2) is 0 Å². The van der Waals surface area contributed by atoms with Crippen molar-refractivity contribution in [3.63, 3.8) is 0 Å². The van der Waals surface area contributed by atoms with E-state index in [1.54, 1.807) is 18.2 Å². The van der Waals surface area contributed by atoms with E-state index in [2.05, 4.69) is 37.0 Å². The van der Waals surface area contributed by atoms with Gasteiger partial charge in [-0.3, -0.25) is 4.79 Å². The normalized spacial score (nSPS) is 11.9. The van der Waals surface area contributed by atoms with Crippen LogP contribution >= 0.6 is 24.2 Å². The molecule has 0 fully saturated rings. The second-order valence-corrected chi connectivity index (χ2v) is 5.61. The average Bonchev–Trinajstić information content (AvgIpc) is 2.47. The highest BCUT2D eigenvalue weighted by Crippen LogP contribution is 2.20. The van der Waals surface area contributed by atoms with Crippen molar-refractivity contribution < 1.29 is 4.79 Å². The molecule has 20 heavy (non-hydrogen) atoms. The molecule has 2 nitrogen and oxygen atoms in total. The maximum absolute atomic E-state index is 12.1. The van der Waals surface area contributed by atoms with Crippen LogP contribution in [-0.2, 0) is 0 Å². The molecule has 1 N–H and O–H groups in total. The van der Waals surface area contributed by atoms with E-state index in [4.69, 9.17) is 11.6 Å². The third kappa shape index (κ3) is 3.78. The Morgan fingerprint density at radius 2 is 1.95 bits per heavy atom. The first-order valence-electron chi connectivity index (χ1n) is 6.39. The summed E-state index contributed by atoms with van der Waals surface area (Å²) in [6, 6.07) is 15.2. The molecule has 0 aliphatic carbocycles. The Bertz CT molecular complexity index is 601. The van der Waals surface area contributed by atoms with E-state index in [0.29, 0.717) is 17.1 Å². The monoisotopic (exact) mass is 305 g/mol. The lowest BCUT2D eigenvalue weighted by Crippen LogP contribution is -2.27. The van der Waals surface area contributed by atoms with Crippen molar-refractivity contribution in [1.29, 1.82) is 0 Å². The molecule has 0 aliphatic heterocycles. The summed E-state index contributed by atoms with van der Waals surface area (Å²) in [6.07, 6.45) is 0. The van der Waals surface area contributed by atoms with Gasteiger partial charge < -0.3 is 5.32 Å². The number of nitrogens with one attached hydrogen (secondary N) is 1. The van der Waals surface area contributed by atoms with Crippen molar-refractivity contribution in [3.8, 4) is 0 Å². The van der Waals surface area contributed by atoms with Gasteiger partial charge in [-0.05, 0) is 29.7 Å². The van der Waals surface area contributed by atoms with Gasteiger partial charge in [0.2, 0.25) is 0 Å². The zero-order valence-electron chi connectivity index (χ0n) is 11.1. The lowest BCUT2D eigenvalue weighted by molar-refractivity contribution is 0.0951. The van der Waals surface area contributed by atoms with Crippen LogP contribution in [0.25, 0.3) is 0 Å². The van der Waals surface area contributed by atoms with Crippen molar-refractivity contribution in [2.24, 2.45) is 0 Å². The highest BCUT2D eigenvalue weighted by atomic mass is 35.5. The summed E-state index contributed by atoms with van der Waals surface area (Å²) in [6.45, 7) is 2.64. The average molecular weight is 306 g/mol. The number of amides is 1. The third-order valence-corrected chi connectivity index (χ3v) is 3.74.